The van der Waals surface area contributed by atoms with Gasteiger partial charge in [0.1, 0.15) is 23.7 Å². The third-order valence-electron chi connectivity index (χ3n) is 2.14. The number of aliphatic hydroxyl groups excluding tert-OH is 3. The number of aliphatic hydroxyl groups is 3. The molecule has 1 aliphatic rings. The molecule has 0 unspecified atom stereocenters. The predicted molar refractivity (Wildman–Crippen MR) is 52.4 cm³/mol. The Hall–Kier alpha value is -0.340. The Kier molecular flexibility index (Phi) is 4.35. The number of ether oxygens (including phenoxy) is 1. The summed E-state index contributed by atoms with van der Waals surface area (Å²) in [6.45, 7) is 1.81. The minimum absolute atomic E-state index is 0.608. The molecule has 0 bridgehead atoms. The fourth-order valence-electron chi connectivity index (χ4n) is 1.35. The van der Waals surface area contributed by atoms with Gasteiger partial charge in [-0.1, -0.05) is 6.92 Å². The lowest BCUT2D eigenvalue weighted by molar-refractivity contribution is -0.209. The molecule has 7 heteroatoms. The third-order valence-corrected chi connectivity index (χ3v) is 3.20. The van der Waals surface area contributed by atoms with Crippen LogP contribution in [0.5, 0.6) is 0 Å². The van der Waals surface area contributed by atoms with Crippen LogP contribution in [-0.2, 0) is 9.53 Å². The van der Waals surface area contributed by atoms with Crippen molar-refractivity contribution in [3.63, 3.8) is 0 Å². The molecule has 0 aliphatic carbocycles. The molecule has 1 heterocycles. The summed E-state index contributed by atoms with van der Waals surface area (Å²) in [6.07, 6.45) is -5.87. The molecule has 0 saturated carbocycles. The fraction of sp³-hybridized carbons (Fsp3) is 0.875. The molecule has 0 radical (unpaired) electrons. The first kappa shape index (κ1) is 12.7. The summed E-state index contributed by atoms with van der Waals surface area (Å²) < 4.78 is 4.99. The maximum absolute atomic E-state index is 10.7. The lowest BCUT2D eigenvalue weighted by atomic mass is 10.0. The monoisotopic (exact) mass is 238 g/mol. The van der Waals surface area contributed by atoms with Crippen LogP contribution in [0.4, 0.5) is 0 Å². The highest BCUT2D eigenvalue weighted by molar-refractivity contribution is 7.99. The summed E-state index contributed by atoms with van der Waals surface area (Å²) >= 11 is 1.18. The molecule has 1 rings (SSSR count). The van der Waals surface area contributed by atoms with E-state index in [1.807, 2.05) is 6.92 Å². The summed E-state index contributed by atoms with van der Waals surface area (Å²) in [4.78, 5) is 10.7. The Bertz CT molecular complexity index is 235. The molecule has 0 amide bonds. The predicted octanol–water partition coefficient (Wildman–Crippen LogP) is -1.37. The van der Waals surface area contributed by atoms with Crippen LogP contribution in [-0.4, -0.2) is 62.0 Å². The molecule has 0 spiro atoms. The molecule has 88 valence electrons. The van der Waals surface area contributed by atoms with Gasteiger partial charge in [0.2, 0.25) is 0 Å². The van der Waals surface area contributed by atoms with Crippen molar-refractivity contribution in [1.29, 1.82) is 0 Å². The highest BCUT2D eigenvalue weighted by atomic mass is 32.2. The average molecular weight is 238 g/mol. The second-order valence-electron chi connectivity index (χ2n) is 3.19. The van der Waals surface area contributed by atoms with Crippen molar-refractivity contribution in [2.24, 2.45) is 0 Å². The number of thioether (sulfide) groups is 1. The second-order valence-corrected chi connectivity index (χ2v) is 4.57. The van der Waals surface area contributed by atoms with Gasteiger partial charge in [0.05, 0.1) is 0 Å². The Morgan fingerprint density at radius 1 is 1.27 bits per heavy atom. The van der Waals surface area contributed by atoms with E-state index in [9.17, 15) is 20.1 Å². The molecule has 1 aliphatic heterocycles. The molecule has 6 nitrogen and oxygen atoms in total. The number of hydrogen-bond donors (Lipinski definition) is 4. The molecule has 0 aromatic rings. The van der Waals surface area contributed by atoms with E-state index in [1.54, 1.807) is 0 Å². The highest BCUT2D eigenvalue weighted by Gasteiger charge is 2.46. The minimum atomic E-state index is -1.61. The van der Waals surface area contributed by atoms with Gasteiger partial charge < -0.3 is 25.2 Å². The smallest absolute Gasteiger partial charge is 0.335 e. The van der Waals surface area contributed by atoms with Gasteiger partial charge in [0.25, 0.3) is 0 Å². The zero-order valence-electron chi connectivity index (χ0n) is 8.11. The van der Waals surface area contributed by atoms with Crippen LogP contribution in [0.2, 0.25) is 0 Å². The Morgan fingerprint density at radius 3 is 2.33 bits per heavy atom. The van der Waals surface area contributed by atoms with E-state index in [4.69, 9.17) is 9.84 Å². The standard InChI is InChI=1S/C8H14O6S/c1-2-15-8-5(11)3(9)4(10)6(14-8)7(12)13/h3-6,8-11H,2H2,1H3,(H,12,13)/t3-,4-,5-,6+,8-/m0/s1. The van der Waals surface area contributed by atoms with E-state index in [-0.39, 0.29) is 0 Å². The number of carboxylic acids is 1. The largest absolute Gasteiger partial charge is 0.479 e. The summed E-state index contributed by atoms with van der Waals surface area (Å²) in [6, 6.07) is 0. The first-order chi connectivity index (χ1) is 6.99. The Balaban J connectivity index is 2.75. The molecule has 1 fully saturated rings. The minimum Gasteiger partial charge on any atom is -0.479 e. The van der Waals surface area contributed by atoms with Gasteiger partial charge in [-0.25, -0.2) is 4.79 Å². The number of rotatable bonds is 3. The van der Waals surface area contributed by atoms with Gasteiger partial charge in [0.15, 0.2) is 6.10 Å². The lowest BCUT2D eigenvalue weighted by Crippen LogP contribution is -2.58. The zero-order chi connectivity index (χ0) is 11.6. The molecule has 4 N–H and O–H groups in total. The molecular formula is C8H14O6S. The van der Waals surface area contributed by atoms with Gasteiger partial charge in [-0.05, 0) is 5.75 Å². The van der Waals surface area contributed by atoms with Gasteiger partial charge in [-0.15, -0.1) is 11.8 Å². The van der Waals surface area contributed by atoms with Crippen molar-refractivity contribution in [2.75, 3.05) is 5.75 Å². The van der Waals surface area contributed by atoms with Crippen molar-refractivity contribution in [2.45, 2.75) is 36.8 Å². The van der Waals surface area contributed by atoms with E-state index in [1.165, 1.54) is 11.8 Å². The number of carboxylic acid groups (broad SMARTS) is 1. The average Bonchev–Trinajstić information content (AvgIpc) is 2.18. The molecule has 0 aromatic heterocycles. The van der Waals surface area contributed by atoms with Crippen LogP contribution in [0.1, 0.15) is 6.92 Å². The van der Waals surface area contributed by atoms with Crippen molar-refractivity contribution in [1.82, 2.24) is 0 Å². The quantitative estimate of drug-likeness (QED) is 0.480. The van der Waals surface area contributed by atoms with Crippen LogP contribution in [0.3, 0.4) is 0 Å². The van der Waals surface area contributed by atoms with Gasteiger partial charge in [-0.3, -0.25) is 0 Å². The molecule has 5 atom stereocenters. The third kappa shape index (κ3) is 2.61. The van der Waals surface area contributed by atoms with E-state index in [2.05, 4.69) is 0 Å². The van der Waals surface area contributed by atoms with E-state index in [0.29, 0.717) is 5.75 Å². The topological polar surface area (TPSA) is 107 Å². The van der Waals surface area contributed by atoms with E-state index in [0.717, 1.165) is 0 Å². The number of hydrogen-bond acceptors (Lipinski definition) is 6. The van der Waals surface area contributed by atoms with Crippen LogP contribution in [0, 0.1) is 0 Å². The first-order valence-corrected chi connectivity index (χ1v) is 5.58. The lowest BCUT2D eigenvalue weighted by Gasteiger charge is -2.38. The van der Waals surface area contributed by atoms with Gasteiger partial charge in [-0.2, -0.15) is 0 Å². The van der Waals surface area contributed by atoms with Crippen LogP contribution in [0.25, 0.3) is 0 Å². The Labute approximate surface area is 90.9 Å². The summed E-state index contributed by atoms with van der Waals surface area (Å²) in [5.41, 5.74) is -0.825. The van der Waals surface area contributed by atoms with E-state index >= 15 is 0 Å². The molecule has 15 heavy (non-hydrogen) atoms. The molecular weight excluding hydrogens is 224 g/mol. The van der Waals surface area contributed by atoms with Crippen molar-refractivity contribution in [3.8, 4) is 0 Å². The van der Waals surface area contributed by atoms with Gasteiger partial charge in [0, 0.05) is 0 Å². The van der Waals surface area contributed by atoms with Crippen LogP contribution in [0.15, 0.2) is 0 Å². The summed E-state index contributed by atoms with van der Waals surface area (Å²) in [7, 11) is 0. The SMILES string of the molecule is CCS[C@@H]1O[C@@H](C(=O)O)[C@@H](O)[C@H](O)[C@@H]1O. The number of aliphatic carboxylic acids is 1. The zero-order valence-corrected chi connectivity index (χ0v) is 8.92. The van der Waals surface area contributed by atoms with E-state index < -0.39 is 35.8 Å². The maximum Gasteiger partial charge on any atom is 0.335 e. The van der Waals surface area contributed by atoms with Crippen molar-refractivity contribution in [3.05, 3.63) is 0 Å². The highest BCUT2D eigenvalue weighted by Crippen LogP contribution is 2.28. The molecule has 0 aromatic carbocycles. The second kappa shape index (κ2) is 5.13. The molecule has 1 saturated heterocycles. The first-order valence-electron chi connectivity index (χ1n) is 4.53. The van der Waals surface area contributed by atoms with Crippen LogP contribution >= 0.6 is 11.8 Å². The summed E-state index contributed by atoms with van der Waals surface area (Å²) in [5, 5.41) is 36.9. The van der Waals surface area contributed by atoms with Crippen molar-refractivity contribution >= 4 is 17.7 Å². The van der Waals surface area contributed by atoms with Crippen LogP contribution < -0.4 is 0 Å². The fourth-order valence-corrected chi connectivity index (χ4v) is 2.24. The maximum atomic E-state index is 10.7. The number of carbonyl (C=O) groups is 1. The Morgan fingerprint density at radius 2 is 1.87 bits per heavy atom. The van der Waals surface area contributed by atoms with Crippen molar-refractivity contribution < 1.29 is 30.0 Å². The normalized spacial score (nSPS) is 41.5. The van der Waals surface area contributed by atoms with Gasteiger partial charge >= 0.3 is 5.97 Å². The summed E-state index contributed by atoms with van der Waals surface area (Å²) in [5.74, 6) is -0.744.